The van der Waals surface area contributed by atoms with Gasteiger partial charge in [0.1, 0.15) is 0 Å². The number of benzene rings is 1. The lowest BCUT2D eigenvalue weighted by Gasteiger charge is -2.28. The van der Waals surface area contributed by atoms with E-state index in [0.717, 1.165) is 32.7 Å². The van der Waals surface area contributed by atoms with Crippen LogP contribution in [0.5, 0.6) is 0 Å². The van der Waals surface area contributed by atoms with Crippen LogP contribution in [0.3, 0.4) is 0 Å². The van der Waals surface area contributed by atoms with Gasteiger partial charge >= 0.3 is 0 Å². The van der Waals surface area contributed by atoms with Crippen LogP contribution in [0.1, 0.15) is 38.2 Å². The largest absolute Gasteiger partial charge is 0.343 e. The lowest BCUT2D eigenvalue weighted by molar-refractivity contribution is -0.132. The van der Waals surface area contributed by atoms with Gasteiger partial charge in [0.2, 0.25) is 5.91 Å². The van der Waals surface area contributed by atoms with Crippen LogP contribution in [0.25, 0.3) is 0 Å². The normalized spacial score (nSPS) is 15.6. The molecule has 0 aromatic heterocycles. The van der Waals surface area contributed by atoms with Crippen LogP contribution in [0.4, 0.5) is 0 Å². The molecular formula is C17H26N2O. The topological polar surface area (TPSA) is 23.6 Å². The number of piperidine rings is 1. The van der Waals surface area contributed by atoms with Gasteiger partial charge < -0.3 is 4.90 Å². The lowest BCUT2D eigenvalue weighted by Crippen LogP contribution is -2.37. The predicted molar refractivity (Wildman–Crippen MR) is 82.4 cm³/mol. The molecule has 1 aromatic rings. The zero-order valence-electron chi connectivity index (χ0n) is 12.6. The number of carbonyl (C=O) groups excluding carboxylic acids is 1. The number of hydrogen-bond donors (Lipinski definition) is 0. The second-order valence-corrected chi connectivity index (χ2v) is 5.55. The van der Waals surface area contributed by atoms with E-state index in [1.165, 1.54) is 24.8 Å². The Morgan fingerprint density at radius 3 is 2.50 bits per heavy atom. The molecule has 20 heavy (non-hydrogen) atoms. The first kappa shape index (κ1) is 15.0. The first-order valence-electron chi connectivity index (χ1n) is 7.83. The van der Waals surface area contributed by atoms with E-state index in [0.29, 0.717) is 12.3 Å². The average Bonchev–Trinajstić information content (AvgIpc) is 2.53. The highest BCUT2D eigenvalue weighted by molar-refractivity contribution is 5.76. The fraction of sp³-hybridized carbons (Fsp3) is 0.588. The Balaban J connectivity index is 1.77. The van der Waals surface area contributed by atoms with E-state index in [4.69, 9.17) is 0 Å². The second kappa shape index (κ2) is 8.05. The van der Waals surface area contributed by atoms with Crippen molar-refractivity contribution in [1.29, 1.82) is 0 Å². The van der Waals surface area contributed by atoms with Crippen LogP contribution in [-0.2, 0) is 11.3 Å². The fourth-order valence-electron chi connectivity index (χ4n) is 2.75. The molecule has 0 radical (unpaired) electrons. The summed E-state index contributed by atoms with van der Waals surface area (Å²) in [6.07, 6.45) is 4.28. The molecule has 0 aliphatic carbocycles. The van der Waals surface area contributed by atoms with E-state index in [1.807, 2.05) is 11.0 Å². The molecule has 0 spiro atoms. The van der Waals surface area contributed by atoms with E-state index >= 15 is 0 Å². The summed E-state index contributed by atoms with van der Waals surface area (Å²) in [5, 5.41) is 0. The van der Waals surface area contributed by atoms with Gasteiger partial charge in [-0.15, -0.1) is 0 Å². The third-order valence-electron chi connectivity index (χ3n) is 4.05. The Morgan fingerprint density at radius 2 is 1.85 bits per heavy atom. The molecule has 0 atom stereocenters. The number of rotatable bonds is 6. The molecule has 1 saturated heterocycles. The minimum absolute atomic E-state index is 0.330. The first-order valence-corrected chi connectivity index (χ1v) is 7.83. The third kappa shape index (κ3) is 4.64. The summed E-state index contributed by atoms with van der Waals surface area (Å²) in [6, 6.07) is 10.5. The van der Waals surface area contributed by atoms with Gasteiger partial charge in [0.05, 0.1) is 0 Å². The van der Waals surface area contributed by atoms with Crippen molar-refractivity contribution in [3.8, 4) is 0 Å². The zero-order chi connectivity index (χ0) is 14.2. The summed E-state index contributed by atoms with van der Waals surface area (Å²) >= 11 is 0. The van der Waals surface area contributed by atoms with Gasteiger partial charge in [-0.25, -0.2) is 0 Å². The van der Waals surface area contributed by atoms with Gasteiger partial charge in [-0.1, -0.05) is 37.3 Å². The molecule has 1 aliphatic rings. The molecule has 3 nitrogen and oxygen atoms in total. The van der Waals surface area contributed by atoms with Crippen molar-refractivity contribution >= 4 is 5.91 Å². The Hall–Kier alpha value is -1.35. The van der Waals surface area contributed by atoms with E-state index in [2.05, 4.69) is 36.1 Å². The van der Waals surface area contributed by atoms with Crippen molar-refractivity contribution in [2.75, 3.05) is 26.2 Å². The van der Waals surface area contributed by atoms with Gasteiger partial charge in [0, 0.05) is 32.6 Å². The molecule has 1 heterocycles. The van der Waals surface area contributed by atoms with Gasteiger partial charge in [0.15, 0.2) is 0 Å². The summed E-state index contributed by atoms with van der Waals surface area (Å²) in [4.78, 5) is 16.6. The summed E-state index contributed by atoms with van der Waals surface area (Å²) in [7, 11) is 0. The lowest BCUT2D eigenvalue weighted by atomic mass is 10.1. The van der Waals surface area contributed by atoms with Crippen molar-refractivity contribution in [2.24, 2.45) is 0 Å². The first-order chi connectivity index (χ1) is 9.79. The van der Waals surface area contributed by atoms with Gasteiger partial charge in [-0.2, -0.15) is 0 Å². The van der Waals surface area contributed by atoms with E-state index in [1.54, 1.807) is 0 Å². The van der Waals surface area contributed by atoms with Crippen LogP contribution in [0.15, 0.2) is 30.3 Å². The van der Waals surface area contributed by atoms with Gasteiger partial charge in [-0.05, 0) is 31.4 Å². The number of likely N-dealkylation sites (tertiary alicyclic amines) is 1. The monoisotopic (exact) mass is 274 g/mol. The van der Waals surface area contributed by atoms with Crippen molar-refractivity contribution < 1.29 is 4.79 Å². The maximum Gasteiger partial charge on any atom is 0.223 e. The zero-order valence-corrected chi connectivity index (χ0v) is 12.6. The molecule has 1 amide bonds. The summed E-state index contributed by atoms with van der Waals surface area (Å²) in [6.45, 7) is 6.87. The smallest absolute Gasteiger partial charge is 0.223 e. The molecule has 1 fully saturated rings. The van der Waals surface area contributed by atoms with Crippen LogP contribution < -0.4 is 0 Å². The van der Waals surface area contributed by atoms with Crippen molar-refractivity contribution in [2.45, 2.75) is 39.2 Å². The Labute approximate surface area is 122 Å². The molecule has 110 valence electrons. The van der Waals surface area contributed by atoms with E-state index in [9.17, 15) is 4.79 Å². The van der Waals surface area contributed by atoms with E-state index < -0.39 is 0 Å². The summed E-state index contributed by atoms with van der Waals surface area (Å²) in [5.74, 6) is 0.330. The molecule has 2 rings (SSSR count). The Bertz CT molecular complexity index is 399. The van der Waals surface area contributed by atoms with Crippen molar-refractivity contribution in [3.05, 3.63) is 35.9 Å². The SMILES string of the molecule is CCN(CCC(=O)N1CCCCC1)Cc1ccccc1. The molecular weight excluding hydrogens is 248 g/mol. The standard InChI is InChI=1S/C17H26N2O/c1-2-18(15-16-9-5-3-6-10-16)14-11-17(20)19-12-7-4-8-13-19/h3,5-6,9-10H,2,4,7-8,11-15H2,1H3. The number of amides is 1. The fourth-order valence-corrected chi connectivity index (χ4v) is 2.75. The predicted octanol–water partition coefficient (Wildman–Crippen LogP) is 2.91. The van der Waals surface area contributed by atoms with Gasteiger partial charge in [0.25, 0.3) is 0 Å². The molecule has 1 aliphatic heterocycles. The maximum absolute atomic E-state index is 12.2. The molecule has 0 saturated carbocycles. The van der Waals surface area contributed by atoms with Crippen LogP contribution in [-0.4, -0.2) is 41.9 Å². The van der Waals surface area contributed by atoms with Crippen LogP contribution in [0.2, 0.25) is 0 Å². The van der Waals surface area contributed by atoms with Gasteiger partial charge in [-0.3, -0.25) is 9.69 Å². The quantitative estimate of drug-likeness (QED) is 0.796. The molecule has 3 heteroatoms. The molecule has 0 N–H and O–H groups in total. The highest BCUT2D eigenvalue weighted by Crippen LogP contribution is 2.11. The van der Waals surface area contributed by atoms with E-state index in [-0.39, 0.29) is 0 Å². The number of nitrogens with zero attached hydrogens (tertiary/aromatic N) is 2. The third-order valence-corrected chi connectivity index (χ3v) is 4.05. The Morgan fingerprint density at radius 1 is 1.15 bits per heavy atom. The van der Waals surface area contributed by atoms with Crippen LogP contribution >= 0.6 is 0 Å². The van der Waals surface area contributed by atoms with Crippen LogP contribution in [0, 0.1) is 0 Å². The van der Waals surface area contributed by atoms with Crippen molar-refractivity contribution in [3.63, 3.8) is 0 Å². The highest BCUT2D eigenvalue weighted by Gasteiger charge is 2.16. The highest BCUT2D eigenvalue weighted by atomic mass is 16.2. The minimum Gasteiger partial charge on any atom is -0.343 e. The summed E-state index contributed by atoms with van der Waals surface area (Å²) < 4.78 is 0. The molecule has 0 bridgehead atoms. The molecule has 1 aromatic carbocycles. The maximum atomic E-state index is 12.2. The van der Waals surface area contributed by atoms with Crippen molar-refractivity contribution in [1.82, 2.24) is 9.80 Å². The molecule has 0 unspecified atom stereocenters. The average molecular weight is 274 g/mol. The number of hydrogen-bond acceptors (Lipinski definition) is 2. The summed E-state index contributed by atoms with van der Waals surface area (Å²) in [5.41, 5.74) is 1.32. The Kier molecular flexibility index (Phi) is 6.06. The second-order valence-electron chi connectivity index (χ2n) is 5.55. The number of carbonyl (C=O) groups is 1. The minimum atomic E-state index is 0.330.